The predicted molar refractivity (Wildman–Crippen MR) is 78.2 cm³/mol. The molecule has 4 N–H and O–H groups in total. The van der Waals surface area contributed by atoms with E-state index in [1.165, 1.54) is 18.2 Å². The maximum Gasteiger partial charge on any atom is 0.433 e. The Morgan fingerprint density at radius 1 is 1.17 bits per heavy atom. The van der Waals surface area contributed by atoms with Gasteiger partial charge in [-0.1, -0.05) is 12.1 Å². The Morgan fingerprint density at radius 2 is 1.88 bits per heavy atom. The molecule has 0 fully saturated rings. The van der Waals surface area contributed by atoms with Gasteiger partial charge in [-0.2, -0.15) is 13.2 Å². The molecular formula is C15H14F3N3O3. The van der Waals surface area contributed by atoms with Gasteiger partial charge < -0.3 is 20.9 Å². The number of benzene rings is 1. The summed E-state index contributed by atoms with van der Waals surface area (Å²) in [4.78, 5) is 14.6. The average molecular weight is 341 g/mol. The second-order valence-corrected chi connectivity index (χ2v) is 4.67. The highest BCUT2D eigenvalue weighted by Crippen LogP contribution is 2.30. The van der Waals surface area contributed by atoms with Crippen molar-refractivity contribution in [1.82, 2.24) is 4.98 Å². The van der Waals surface area contributed by atoms with Crippen LogP contribution in [0.2, 0.25) is 0 Å². The molecule has 0 saturated heterocycles. The van der Waals surface area contributed by atoms with Gasteiger partial charge in [-0.25, -0.2) is 4.98 Å². The number of pyridine rings is 1. The lowest BCUT2D eigenvalue weighted by atomic mass is 10.2. The Bertz CT molecular complexity index is 735. The molecular weight excluding hydrogens is 327 g/mol. The monoisotopic (exact) mass is 341 g/mol. The normalized spacial score (nSPS) is 11.2. The summed E-state index contributed by atoms with van der Waals surface area (Å²) in [6.07, 6.45) is -4.62. The van der Waals surface area contributed by atoms with E-state index < -0.39 is 24.6 Å². The molecule has 0 aliphatic heterocycles. The number of carbonyl (C=O) groups excluding carboxylic acids is 1. The Balaban J connectivity index is 2.11. The summed E-state index contributed by atoms with van der Waals surface area (Å²) in [6.45, 7) is -0.560. The number of aromatic nitrogens is 1. The van der Waals surface area contributed by atoms with Gasteiger partial charge in [0.05, 0.1) is 5.56 Å². The van der Waals surface area contributed by atoms with Gasteiger partial charge in [0.15, 0.2) is 0 Å². The van der Waals surface area contributed by atoms with E-state index in [9.17, 15) is 18.0 Å². The number of hydrogen-bond donors (Lipinski definition) is 2. The van der Waals surface area contributed by atoms with Gasteiger partial charge in [-0.3, -0.25) is 4.79 Å². The zero-order valence-corrected chi connectivity index (χ0v) is 12.3. The molecule has 6 nitrogen and oxygen atoms in total. The predicted octanol–water partition coefficient (Wildman–Crippen LogP) is 2.07. The largest absolute Gasteiger partial charge is 0.457 e. The van der Waals surface area contributed by atoms with Crippen molar-refractivity contribution in [3.8, 4) is 11.6 Å². The maximum absolute atomic E-state index is 12.8. The number of para-hydroxylation sites is 1. The number of ether oxygens (including phenoxy) is 2. The lowest BCUT2D eigenvalue weighted by molar-refractivity contribution is -0.141. The lowest BCUT2D eigenvalue weighted by Crippen LogP contribution is -2.16. The third-order valence-electron chi connectivity index (χ3n) is 2.96. The number of carbonyl (C=O) groups is 1. The van der Waals surface area contributed by atoms with Gasteiger partial charge in [0, 0.05) is 12.6 Å². The van der Waals surface area contributed by atoms with Crippen molar-refractivity contribution in [1.29, 1.82) is 0 Å². The van der Waals surface area contributed by atoms with E-state index in [2.05, 4.69) is 4.98 Å². The van der Waals surface area contributed by atoms with Crippen LogP contribution >= 0.6 is 0 Å². The maximum atomic E-state index is 12.8. The van der Waals surface area contributed by atoms with Crippen LogP contribution in [-0.4, -0.2) is 17.7 Å². The van der Waals surface area contributed by atoms with Crippen molar-refractivity contribution >= 4 is 5.91 Å². The second-order valence-electron chi connectivity index (χ2n) is 4.67. The van der Waals surface area contributed by atoms with Crippen molar-refractivity contribution in [3.63, 3.8) is 0 Å². The van der Waals surface area contributed by atoms with E-state index in [1.54, 1.807) is 12.1 Å². The molecule has 128 valence electrons. The van der Waals surface area contributed by atoms with E-state index in [0.717, 1.165) is 6.07 Å². The summed E-state index contributed by atoms with van der Waals surface area (Å²) in [5.74, 6) is -0.842. The molecule has 1 heterocycles. The fourth-order valence-electron chi connectivity index (χ4n) is 1.85. The molecule has 0 spiro atoms. The molecule has 1 aromatic carbocycles. The fraction of sp³-hybridized carbons (Fsp3) is 0.200. The van der Waals surface area contributed by atoms with Crippen molar-refractivity contribution in [3.05, 3.63) is 53.2 Å². The summed E-state index contributed by atoms with van der Waals surface area (Å²) in [6, 6.07) is 8.25. The molecule has 2 aromatic rings. The Labute approximate surface area is 135 Å². The highest BCUT2D eigenvalue weighted by atomic mass is 19.4. The zero-order chi connectivity index (χ0) is 17.7. The molecule has 0 unspecified atom stereocenters. The van der Waals surface area contributed by atoms with Crippen LogP contribution < -0.4 is 20.9 Å². The first-order valence-electron chi connectivity index (χ1n) is 6.74. The minimum Gasteiger partial charge on any atom is -0.457 e. The van der Waals surface area contributed by atoms with Crippen LogP contribution in [0.5, 0.6) is 11.6 Å². The Hall–Kier alpha value is -2.81. The SMILES string of the molecule is NCc1cc(OCOc2ccccc2C(N)=O)nc(C(F)(F)F)c1. The standard InChI is InChI=1S/C15H14F3N3O3/c16-15(17,18)12-5-9(7-19)6-13(21-12)24-8-23-11-4-2-1-3-10(11)14(20)22/h1-6H,7-8,19H2,(H2,20,22). The highest BCUT2D eigenvalue weighted by Gasteiger charge is 2.33. The summed E-state index contributed by atoms with van der Waals surface area (Å²) >= 11 is 0. The third-order valence-corrected chi connectivity index (χ3v) is 2.96. The fourth-order valence-corrected chi connectivity index (χ4v) is 1.85. The molecule has 24 heavy (non-hydrogen) atoms. The van der Waals surface area contributed by atoms with Crippen molar-refractivity contribution < 1.29 is 27.4 Å². The van der Waals surface area contributed by atoms with Gasteiger partial charge in [-0.15, -0.1) is 0 Å². The molecule has 0 aliphatic rings. The lowest BCUT2D eigenvalue weighted by Gasteiger charge is -2.13. The minimum atomic E-state index is -4.62. The molecule has 2 rings (SSSR count). The topological polar surface area (TPSA) is 100 Å². The van der Waals surface area contributed by atoms with Crippen LogP contribution in [0, 0.1) is 0 Å². The summed E-state index contributed by atoms with van der Waals surface area (Å²) in [5.41, 5.74) is 9.79. The molecule has 0 bridgehead atoms. The number of hydrogen-bond acceptors (Lipinski definition) is 5. The Morgan fingerprint density at radius 3 is 2.50 bits per heavy atom. The smallest absolute Gasteiger partial charge is 0.433 e. The molecule has 0 saturated carbocycles. The molecule has 0 radical (unpaired) electrons. The van der Waals surface area contributed by atoms with Crippen LogP contribution in [0.1, 0.15) is 21.6 Å². The second kappa shape index (κ2) is 7.18. The van der Waals surface area contributed by atoms with E-state index in [4.69, 9.17) is 20.9 Å². The number of amides is 1. The van der Waals surface area contributed by atoms with Crippen LogP contribution in [0.4, 0.5) is 13.2 Å². The van der Waals surface area contributed by atoms with Gasteiger partial charge in [0.1, 0.15) is 11.4 Å². The number of primary amides is 1. The summed E-state index contributed by atoms with van der Waals surface area (Å²) < 4.78 is 48.6. The van der Waals surface area contributed by atoms with Gasteiger partial charge in [0.2, 0.25) is 12.7 Å². The molecule has 0 atom stereocenters. The number of nitrogens with zero attached hydrogens (tertiary/aromatic N) is 1. The minimum absolute atomic E-state index is 0.104. The first kappa shape index (κ1) is 17.5. The van der Waals surface area contributed by atoms with Crippen molar-refractivity contribution in [2.24, 2.45) is 11.5 Å². The van der Waals surface area contributed by atoms with E-state index in [-0.39, 0.29) is 29.3 Å². The third kappa shape index (κ3) is 4.35. The van der Waals surface area contributed by atoms with Crippen molar-refractivity contribution in [2.75, 3.05) is 6.79 Å². The molecule has 0 aliphatic carbocycles. The van der Waals surface area contributed by atoms with Crippen LogP contribution in [0.25, 0.3) is 0 Å². The van der Waals surface area contributed by atoms with Crippen molar-refractivity contribution in [2.45, 2.75) is 12.7 Å². The van der Waals surface area contributed by atoms with Crippen LogP contribution in [0.3, 0.4) is 0 Å². The van der Waals surface area contributed by atoms with E-state index >= 15 is 0 Å². The number of rotatable bonds is 6. The van der Waals surface area contributed by atoms with Crippen LogP contribution in [0.15, 0.2) is 36.4 Å². The zero-order valence-electron chi connectivity index (χ0n) is 12.3. The number of alkyl halides is 3. The first-order chi connectivity index (χ1) is 11.3. The quantitative estimate of drug-likeness (QED) is 0.784. The van der Waals surface area contributed by atoms with Crippen LogP contribution in [-0.2, 0) is 12.7 Å². The summed E-state index contributed by atoms with van der Waals surface area (Å²) in [7, 11) is 0. The number of nitrogens with two attached hydrogens (primary N) is 2. The van der Waals surface area contributed by atoms with Gasteiger partial charge in [0.25, 0.3) is 5.91 Å². The van der Waals surface area contributed by atoms with E-state index in [0.29, 0.717) is 0 Å². The Kier molecular flexibility index (Phi) is 5.24. The van der Waals surface area contributed by atoms with E-state index in [1.807, 2.05) is 0 Å². The average Bonchev–Trinajstić information content (AvgIpc) is 2.54. The van der Waals surface area contributed by atoms with Gasteiger partial charge >= 0.3 is 6.18 Å². The molecule has 1 amide bonds. The molecule has 1 aromatic heterocycles. The summed E-state index contributed by atoms with van der Waals surface area (Å²) in [5, 5.41) is 0. The number of halogens is 3. The van der Waals surface area contributed by atoms with Gasteiger partial charge in [-0.05, 0) is 23.8 Å². The first-order valence-corrected chi connectivity index (χ1v) is 6.74. The molecule has 9 heteroatoms. The highest BCUT2D eigenvalue weighted by molar-refractivity contribution is 5.95.